The highest BCUT2D eigenvalue weighted by molar-refractivity contribution is 5.76. The van der Waals surface area contributed by atoms with Gasteiger partial charge in [0.2, 0.25) is 5.91 Å². The minimum Gasteiger partial charge on any atom is -0.378 e. The fourth-order valence-corrected chi connectivity index (χ4v) is 3.60. The highest BCUT2D eigenvalue weighted by Crippen LogP contribution is 2.18. The molecule has 0 bridgehead atoms. The summed E-state index contributed by atoms with van der Waals surface area (Å²) in [6.45, 7) is 8.14. The van der Waals surface area contributed by atoms with E-state index in [-0.39, 0.29) is 5.91 Å². The Bertz CT molecular complexity index is 776. The van der Waals surface area contributed by atoms with Gasteiger partial charge in [0.25, 0.3) is 0 Å². The summed E-state index contributed by atoms with van der Waals surface area (Å²) in [4.78, 5) is 16.7. The molecule has 3 rings (SSSR count). The molecule has 1 aromatic heterocycles. The molecule has 1 aliphatic heterocycles. The van der Waals surface area contributed by atoms with Crippen molar-refractivity contribution < 1.29 is 9.53 Å². The van der Waals surface area contributed by atoms with Crippen LogP contribution in [0.5, 0.6) is 0 Å². The number of hydrogen-bond acceptors (Lipinski definition) is 4. The average molecular weight is 370 g/mol. The fourth-order valence-electron chi connectivity index (χ4n) is 3.60. The molecular formula is C21H30N4O2. The minimum atomic E-state index is 0.162. The summed E-state index contributed by atoms with van der Waals surface area (Å²) in [5, 5.41) is 4.43. The second-order valence-electron chi connectivity index (χ2n) is 7.29. The molecule has 0 N–H and O–H groups in total. The molecule has 0 aliphatic carbocycles. The van der Waals surface area contributed by atoms with Gasteiger partial charge in [-0.15, -0.1) is 0 Å². The average Bonchev–Trinajstić information content (AvgIpc) is 2.92. The Balaban J connectivity index is 1.53. The SMILES string of the molecule is Cc1nn(C)c(C)c1CCC(=O)N(C)Cc1ccc(N2CCOCC2)cc1. The predicted molar refractivity (Wildman–Crippen MR) is 107 cm³/mol. The van der Waals surface area contributed by atoms with Crippen LogP contribution in [0.15, 0.2) is 24.3 Å². The zero-order chi connectivity index (χ0) is 19.4. The normalized spacial score (nSPS) is 14.4. The molecule has 6 nitrogen and oxygen atoms in total. The second kappa shape index (κ2) is 8.57. The van der Waals surface area contributed by atoms with Crippen LogP contribution in [0.1, 0.15) is 28.9 Å². The summed E-state index contributed by atoms with van der Waals surface area (Å²) in [5.41, 5.74) is 5.72. The molecule has 27 heavy (non-hydrogen) atoms. The van der Waals surface area contributed by atoms with Crippen molar-refractivity contribution in [2.45, 2.75) is 33.2 Å². The van der Waals surface area contributed by atoms with E-state index in [0.717, 1.165) is 49.7 Å². The van der Waals surface area contributed by atoms with Crippen LogP contribution in [0.3, 0.4) is 0 Å². The van der Waals surface area contributed by atoms with Gasteiger partial charge in [-0.2, -0.15) is 5.10 Å². The maximum atomic E-state index is 12.5. The molecule has 2 aromatic rings. The largest absolute Gasteiger partial charge is 0.378 e. The highest BCUT2D eigenvalue weighted by Gasteiger charge is 2.15. The zero-order valence-corrected chi connectivity index (χ0v) is 16.9. The van der Waals surface area contributed by atoms with Crippen LogP contribution in [-0.4, -0.2) is 53.9 Å². The lowest BCUT2D eigenvalue weighted by Gasteiger charge is -2.29. The van der Waals surface area contributed by atoms with Crippen molar-refractivity contribution in [1.29, 1.82) is 0 Å². The van der Waals surface area contributed by atoms with Gasteiger partial charge in [0.05, 0.1) is 18.9 Å². The van der Waals surface area contributed by atoms with E-state index >= 15 is 0 Å². The number of benzene rings is 1. The van der Waals surface area contributed by atoms with Gasteiger partial charge in [-0.05, 0) is 43.5 Å². The lowest BCUT2D eigenvalue weighted by molar-refractivity contribution is -0.130. The first-order chi connectivity index (χ1) is 13.0. The van der Waals surface area contributed by atoms with Gasteiger partial charge >= 0.3 is 0 Å². The third-order valence-electron chi connectivity index (χ3n) is 5.41. The predicted octanol–water partition coefficient (Wildman–Crippen LogP) is 2.46. The molecule has 1 amide bonds. The Morgan fingerprint density at radius 2 is 1.85 bits per heavy atom. The standard InChI is InChI=1S/C21H30N4O2/c1-16-20(17(2)24(4)22-16)9-10-21(26)23(3)15-18-5-7-19(8-6-18)25-11-13-27-14-12-25/h5-8H,9-15H2,1-4H3. The van der Waals surface area contributed by atoms with Crippen LogP contribution in [0.25, 0.3) is 0 Å². The van der Waals surface area contributed by atoms with Crippen LogP contribution in [0.4, 0.5) is 5.69 Å². The van der Waals surface area contributed by atoms with Crippen LogP contribution in [-0.2, 0) is 29.5 Å². The van der Waals surface area contributed by atoms with E-state index in [1.807, 2.05) is 30.6 Å². The Morgan fingerprint density at radius 3 is 2.44 bits per heavy atom. The Hall–Kier alpha value is -2.34. The van der Waals surface area contributed by atoms with Crippen molar-refractivity contribution in [2.24, 2.45) is 7.05 Å². The molecule has 1 fully saturated rings. The molecule has 1 aliphatic rings. The monoisotopic (exact) mass is 370 g/mol. The van der Waals surface area contributed by atoms with Crippen LogP contribution >= 0.6 is 0 Å². The van der Waals surface area contributed by atoms with Gasteiger partial charge in [0, 0.05) is 51.5 Å². The molecule has 1 saturated heterocycles. The van der Waals surface area contributed by atoms with Crippen molar-refractivity contribution >= 4 is 11.6 Å². The quantitative estimate of drug-likeness (QED) is 0.784. The van der Waals surface area contributed by atoms with Crippen molar-refractivity contribution in [2.75, 3.05) is 38.3 Å². The number of ether oxygens (including phenoxy) is 1. The maximum Gasteiger partial charge on any atom is 0.222 e. The summed E-state index contributed by atoms with van der Waals surface area (Å²) in [6.07, 6.45) is 1.25. The molecule has 0 unspecified atom stereocenters. The second-order valence-corrected chi connectivity index (χ2v) is 7.29. The van der Waals surface area contributed by atoms with E-state index in [1.54, 1.807) is 0 Å². The molecule has 0 radical (unpaired) electrons. The highest BCUT2D eigenvalue weighted by atomic mass is 16.5. The Morgan fingerprint density at radius 1 is 1.19 bits per heavy atom. The summed E-state index contributed by atoms with van der Waals surface area (Å²) < 4.78 is 7.29. The van der Waals surface area contributed by atoms with Gasteiger partial charge in [0.1, 0.15) is 0 Å². The van der Waals surface area contributed by atoms with E-state index in [9.17, 15) is 4.79 Å². The van der Waals surface area contributed by atoms with E-state index in [4.69, 9.17) is 4.74 Å². The number of aryl methyl sites for hydroxylation is 2. The van der Waals surface area contributed by atoms with Gasteiger partial charge in [-0.3, -0.25) is 9.48 Å². The number of hydrogen-bond donors (Lipinski definition) is 0. The minimum absolute atomic E-state index is 0.162. The lowest BCUT2D eigenvalue weighted by Crippen LogP contribution is -2.36. The Labute approximate surface area is 161 Å². The van der Waals surface area contributed by atoms with Gasteiger partial charge < -0.3 is 14.5 Å². The molecular weight excluding hydrogens is 340 g/mol. The number of anilines is 1. The number of carbonyl (C=O) groups excluding carboxylic acids is 1. The van der Waals surface area contributed by atoms with E-state index < -0.39 is 0 Å². The van der Waals surface area contributed by atoms with Crippen LogP contribution in [0.2, 0.25) is 0 Å². The van der Waals surface area contributed by atoms with E-state index in [0.29, 0.717) is 13.0 Å². The van der Waals surface area contributed by atoms with Crippen molar-refractivity contribution in [3.63, 3.8) is 0 Å². The number of nitrogens with zero attached hydrogens (tertiary/aromatic N) is 4. The van der Waals surface area contributed by atoms with Crippen molar-refractivity contribution in [1.82, 2.24) is 14.7 Å². The van der Waals surface area contributed by atoms with Crippen LogP contribution < -0.4 is 4.90 Å². The van der Waals surface area contributed by atoms with Crippen molar-refractivity contribution in [3.05, 3.63) is 46.8 Å². The van der Waals surface area contributed by atoms with Gasteiger partial charge in [-0.25, -0.2) is 0 Å². The molecule has 0 saturated carbocycles. The molecule has 0 spiro atoms. The summed E-state index contributed by atoms with van der Waals surface area (Å²) in [7, 11) is 3.82. The molecule has 1 aromatic carbocycles. The first-order valence-corrected chi connectivity index (χ1v) is 9.60. The molecule has 2 heterocycles. The first-order valence-electron chi connectivity index (χ1n) is 9.60. The third-order valence-corrected chi connectivity index (χ3v) is 5.41. The summed E-state index contributed by atoms with van der Waals surface area (Å²) in [5.74, 6) is 0.162. The first kappa shape index (κ1) is 19.4. The fraction of sp³-hybridized carbons (Fsp3) is 0.524. The number of morpholine rings is 1. The smallest absolute Gasteiger partial charge is 0.222 e. The van der Waals surface area contributed by atoms with Crippen molar-refractivity contribution in [3.8, 4) is 0 Å². The topological polar surface area (TPSA) is 50.6 Å². The summed E-state index contributed by atoms with van der Waals surface area (Å²) in [6, 6.07) is 8.51. The number of carbonyl (C=O) groups is 1. The van der Waals surface area contributed by atoms with Gasteiger partial charge in [-0.1, -0.05) is 12.1 Å². The number of rotatable bonds is 6. The number of aromatic nitrogens is 2. The van der Waals surface area contributed by atoms with E-state index in [2.05, 4.69) is 41.2 Å². The maximum absolute atomic E-state index is 12.5. The number of amides is 1. The lowest BCUT2D eigenvalue weighted by atomic mass is 10.1. The van der Waals surface area contributed by atoms with E-state index in [1.165, 1.54) is 11.3 Å². The molecule has 0 atom stereocenters. The third kappa shape index (κ3) is 4.69. The van der Waals surface area contributed by atoms with Crippen LogP contribution in [0, 0.1) is 13.8 Å². The zero-order valence-electron chi connectivity index (χ0n) is 16.9. The van der Waals surface area contributed by atoms with Gasteiger partial charge in [0.15, 0.2) is 0 Å². The summed E-state index contributed by atoms with van der Waals surface area (Å²) >= 11 is 0. The molecule has 146 valence electrons. The Kier molecular flexibility index (Phi) is 6.16. The molecule has 6 heteroatoms.